The Hall–Kier alpha value is -3.00. The van der Waals surface area contributed by atoms with E-state index in [-0.39, 0.29) is 18.2 Å². The van der Waals surface area contributed by atoms with Gasteiger partial charge in [-0.1, -0.05) is 0 Å². The van der Waals surface area contributed by atoms with Gasteiger partial charge >= 0.3 is 0 Å². The number of primary amides is 1. The molecule has 3 heterocycles. The molecule has 8 heteroatoms. The molecule has 118 valence electrons. The minimum atomic E-state index is -0.590. The quantitative estimate of drug-likeness (QED) is 0.637. The third-order valence-corrected chi connectivity index (χ3v) is 3.39. The molecule has 0 fully saturated rings. The number of rotatable bonds is 5. The zero-order valence-corrected chi connectivity index (χ0v) is 12.5. The molecule has 0 aliphatic heterocycles. The van der Waals surface area contributed by atoms with Crippen LogP contribution in [-0.4, -0.2) is 43.2 Å². The minimum Gasteiger partial charge on any atom is -0.394 e. The normalized spacial score (nSPS) is 12.3. The topological polar surface area (TPSA) is 118 Å². The number of imidazole rings is 1. The predicted molar refractivity (Wildman–Crippen MR) is 84.9 cm³/mol. The molecule has 4 N–H and O–H groups in total. The first-order valence-corrected chi connectivity index (χ1v) is 7.06. The highest BCUT2D eigenvalue weighted by molar-refractivity contribution is 5.98. The maximum Gasteiger partial charge on any atom is 0.252 e. The Morgan fingerprint density at radius 1 is 1.43 bits per heavy atom. The van der Waals surface area contributed by atoms with E-state index in [0.29, 0.717) is 22.7 Å². The molecule has 0 saturated heterocycles. The highest BCUT2D eigenvalue weighted by atomic mass is 16.3. The second-order valence-electron chi connectivity index (χ2n) is 5.14. The summed E-state index contributed by atoms with van der Waals surface area (Å²) in [6.45, 7) is 1.72. The van der Waals surface area contributed by atoms with Crippen molar-refractivity contribution in [2.24, 2.45) is 5.73 Å². The Balaban J connectivity index is 2.10. The smallest absolute Gasteiger partial charge is 0.252 e. The fraction of sp³-hybridized carbons (Fsp3) is 0.200. The number of nitrogens with one attached hydrogen (secondary N) is 1. The number of fused-ring (bicyclic) bond motifs is 1. The molecule has 0 bridgehead atoms. The van der Waals surface area contributed by atoms with Crippen LogP contribution in [0.15, 0.2) is 36.8 Å². The highest BCUT2D eigenvalue weighted by Crippen LogP contribution is 2.24. The third-order valence-electron chi connectivity index (χ3n) is 3.39. The number of anilines is 1. The number of amides is 1. The Labute approximate surface area is 132 Å². The second-order valence-corrected chi connectivity index (χ2v) is 5.14. The average molecular weight is 312 g/mol. The van der Waals surface area contributed by atoms with Gasteiger partial charge in [-0.05, 0) is 25.1 Å². The molecule has 3 rings (SSSR count). The third kappa shape index (κ3) is 2.84. The van der Waals surface area contributed by atoms with Crippen LogP contribution in [0.5, 0.6) is 0 Å². The van der Waals surface area contributed by atoms with Crippen molar-refractivity contribution in [3.63, 3.8) is 0 Å². The first kappa shape index (κ1) is 14.9. The fourth-order valence-corrected chi connectivity index (χ4v) is 2.23. The van der Waals surface area contributed by atoms with Crippen LogP contribution >= 0.6 is 0 Å². The number of nitrogens with zero attached hydrogens (tertiary/aromatic N) is 4. The van der Waals surface area contributed by atoms with E-state index in [0.717, 1.165) is 0 Å². The van der Waals surface area contributed by atoms with Crippen molar-refractivity contribution in [1.82, 2.24) is 19.6 Å². The van der Waals surface area contributed by atoms with Gasteiger partial charge in [0.2, 0.25) is 0 Å². The van der Waals surface area contributed by atoms with E-state index in [1.165, 1.54) is 6.20 Å². The van der Waals surface area contributed by atoms with Crippen molar-refractivity contribution < 1.29 is 9.90 Å². The first-order valence-electron chi connectivity index (χ1n) is 7.06. The molecule has 0 aromatic carbocycles. The molecular weight excluding hydrogens is 296 g/mol. The van der Waals surface area contributed by atoms with Gasteiger partial charge in [-0.25, -0.2) is 9.50 Å². The van der Waals surface area contributed by atoms with Gasteiger partial charge in [0.05, 0.1) is 29.7 Å². The first-order chi connectivity index (χ1) is 11.1. The van der Waals surface area contributed by atoms with Crippen LogP contribution < -0.4 is 11.1 Å². The number of aliphatic hydroxyl groups excluding tert-OH is 1. The Bertz CT molecular complexity index is 860. The number of hydrogen-bond acceptors (Lipinski definition) is 6. The van der Waals surface area contributed by atoms with Crippen LogP contribution in [0.1, 0.15) is 17.3 Å². The molecule has 1 unspecified atom stereocenters. The van der Waals surface area contributed by atoms with Gasteiger partial charge in [0.1, 0.15) is 5.69 Å². The summed E-state index contributed by atoms with van der Waals surface area (Å²) in [7, 11) is 0. The molecule has 23 heavy (non-hydrogen) atoms. The van der Waals surface area contributed by atoms with Gasteiger partial charge in [0.25, 0.3) is 5.91 Å². The van der Waals surface area contributed by atoms with Gasteiger partial charge < -0.3 is 16.2 Å². The lowest BCUT2D eigenvalue weighted by atomic mass is 10.1. The maximum absolute atomic E-state index is 11.6. The molecule has 0 saturated carbocycles. The Kier molecular flexibility index (Phi) is 3.90. The van der Waals surface area contributed by atoms with E-state index in [2.05, 4.69) is 20.4 Å². The summed E-state index contributed by atoms with van der Waals surface area (Å²) in [5.41, 5.74) is 8.13. The minimum absolute atomic E-state index is 0.0764. The number of aromatic nitrogens is 4. The van der Waals surface area contributed by atoms with Crippen molar-refractivity contribution in [3.05, 3.63) is 42.4 Å². The summed E-state index contributed by atoms with van der Waals surface area (Å²) in [6.07, 6.45) is 4.73. The lowest BCUT2D eigenvalue weighted by Crippen LogP contribution is -2.23. The van der Waals surface area contributed by atoms with Crippen LogP contribution in [0, 0.1) is 0 Å². The number of pyridine rings is 1. The van der Waals surface area contributed by atoms with Crippen LogP contribution in [0.3, 0.4) is 0 Å². The lowest BCUT2D eigenvalue weighted by molar-refractivity contribution is 0.100. The van der Waals surface area contributed by atoms with Crippen LogP contribution in [-0.2, 0) is 0 Å². The summed E-state index contributed by atoms with van der Waals surface area (Å²) >= 11 is 0. The number of carbonyl (C=O) groups excluding carboxylic acids is 1. The van der Waals surface area contributed by atoms with E-state index in [1.807, 2.05) is 6.07 Å². The zero-order valence-electron chi connectivity index (χ0n) is 12.5. The largest absolute Gasteiger partial charge is 0.394 e. The van der Waals surface area contributed by atoms with Crippen molar-refractivity contribution in [2.45, 2.75) is 13.0 Å². The SMILES string of the molecule is CC(CO)Nc1cc(-c2cnc3cccnn23)ncc1C(N)=O. The summed E-state index contributed by atoms with van der Waals surface area (Å²) < 4.78 is 1.66. The zero-order chi connectivity index (χ0) is 16.4. The Morgan fingerprint density at radius 2 is 2.26 bits per heavy atom. The van der Waals surface area contributed by atoms with E-state index in [4.69, 9.17) is 5.73 Å². The maximum atomic E-state index is 11.6. The van der Waals surface area contributed by atoms with Crippen molar-refractivity contribution in [1.29, 1.82) is 0 Å². The molecule has 0 spiro atoms. The number of nitrogens with two attached hydrogens (primary N) is 1. The molecular formula is C15H16N6O2. The van der Waals surface area contributed by atoms with Gasteiger partial charge in [-0.2, -0.15) is 5.10 Å². The fourth-order valence-electron chi connectivity index (χ4n) is 2.23. The van der Waals surface area contributed by atoms with E-state index >= 15 is 0 Å². The summed E-state index contributed by atoms with van der Waals surface area (Å²) in [5.74, 6) is -0.590. The molecule has 8 nitrogen and oxygen atoms in total. The van der Waals surface area contributed by atoms with Gasteiger partial charge in [0.15, 0.2) is 5.65 Å². The van der Waals surface area contributed by atoms with Gasteiger partial charge in [-0.15, -0.1) is 0 Å². The average Bonchev–Trinajstić information content (AvgIpc) is 2.98. The Morgan fingerprint density at radius 3 is 3.00 bits per heavy atom. The highest BCUT2D eigenvalue weighted by Gasteiger charge is 2.15. The lowest BCUT2D eigenvalue weighted by Gasteiger charge is -2.15. The van der Waals surface area contributed by atoms with Crippen molar-refractivity contribution >= 4 is 17.2 Å². The van der Waals surface area contributed by atoms with E-state index < -0.39 is 5.91 Å². The van der Waals surface area contributed by atoms with Gasteiger partial charge in [-0.3, -0.25) is 9.78 Å². The number of carbonyl (C=O) groups is 1. The van der Waals surface area contributed by atoms with E-state index in [1.54, 1.807) is 36.0 Å². The van der Waals surface area contributed by atoms with Crippen LogP contribution in [0.2, 0.25) is 0 Å². The molecule has 3 aromatic heterocycles. The number of aliphatic hydroxyl groups is 1. The molecule has 3 aromatic rings. The monoisotopic (exact) mass is 312 g/mol. The molecule has 0 aliphatic carbocycles. The molecule has 1 amide bonds. The molecule has 0 radical (unpaired) electrons. The van der Waals surface area contributed by atoms with Crippen molar-refractivity contribution in [3.8, 4) is 11.4 Å². The van der Waals surface area contributed by atoms with Crippen LogP contribution in [0.4, 0.5) is 5.69 Å². The molecule has 1 atom stereocenters. The van der Waals surface area contributed by atoms with Crippen molar-refractivity contribution in [2.75, 3.05) is 11.9 Å². The molecule has 0 aliphatic rings. The second kappa shape index (κ2) is 6.01. The standard InChI is InChI=1S/C15H16N6O2/c1-9(8-22)20-11-5-12(17-6-10(11)15(16)23)13-7-18-14-3-2-4-19-21(13)14/h2-7,9,22H,8H2,1H3,(H2,16,23)(H,17,20). The summed E-state index contributed by atoms with van der Waals surface area (Å²) in [4.78, 5) is 20.1. The summed E-state index contributed by atoms with van der Waals surface area (Å²) in [5, 5.41) is 16.5. The summed E-state index contributed by atoms with van der Waals surface area (Å²) in [6, 6.07) is 5.10. The van der Waals surface area contributed by atoms with Crippen LogP contribution in [0.25, 0.3) is 17.0 Å². The van der Waals surface area contributed by atoms with E-state index in [9.17, 15) is 9.90 Å². The number of hydrogen-bond donors (Lipinski definition) is 3. The van der Waals surface area contributed by atoms with Gasteiger partial charge in [0, 0.05) is 18.4 Å². The predicted octanol–water partition coefficient (Wildman–Crippen LogP) is 0.683.